The summed E-state index contributed by atoms with van der Waals surface area (Å²) in [6, 6.07) is 9.27. The Kier molecular flexibility index (Phi) is 3.46. The Morgan fingerprint density at radius 3 is 2.80 bits per heavy atom. The van der Waals surface area contributed by atoms with Crippen LogP contribution in [-0.2, 0) is 0 Å². The molecule has 2 heterocycles. The minimum atomic E-state index is -0.925. The van der Waals surface area contributed by atoms with Crippen LogP contribution in [0.4, 0.5) is 0 Å². The number of aromatic nitrogens is 1. The number of hydrogen-bond acceptors (Lipinski definition) is 4. The topological polar surface area (TPSA) is 50.2 Å². The zero-order valence-electron chi connectivity index (χ0n) is 10.7. The summed E-state index contributed by atoms with van der Waals surface area (Å²) >= 11 is 3.19. The summed E-state index contributed by atoms with van der Waals surface area (Å²) < 4.78 is 0. The Hall–Kier alpha value is -1.85. The van der Waals surface area contributed by atoms with Crippen LogP contribution in [0.1, 0.15) is 10.4 Å². The van der Waals surface area contributed by atoms with E-state index < -0.39 is 5.97 Å². The first kappa shape index (κ1) is 13.1. The minimum absolute atomic E-state index is 0.295. The fraction of sp³-hybridized carbons (Fsp3) is 0.0667. The van der Waals surface area contributed by atoms with Gasteiger partial charge in [-0.05, 0) is 35.9 Å². The molecular weight excluding hydrogens is 290 g/mol. The van der Waals surface area contributed by atoms with E-state index in [1.54, 1.807) is 29.2 Å². The van der Waals surface area contributed by atoms with E-state index in [2.05, 4.69) is 4.98 Å². The number of carboxylic acids is 1. The number of aromatic carboxylic acids is 1. The molecule has 0 radical (unpaired) electrons. The van der Waals surface area contributed by atoms with Crippen LogP contribution in [0.15, 0.2) is 46.0 Å². The van der Waals surface area contributed by atoms with Gasteiger partial charge in [0.05, 0.1) is 16.8 Å². The van der Waals surface area contributed by atoms with Crippen LogP contribution in [0.5, 0.6) is 0 Å². The monoisotopic (exact) mass is 301 g/mol. The van der Waals surface area contributed by atoms with Gasteiger partial charge in [0.2, 0.25) is 0 Å². The van der Waals surface area contributed by atoms with Gasteiger partial charge in [-0.15, -0.1) is 11.8 Å². The van der Waals surface area contributed by atoms with Crippen molar-refractivity contribution in [3.63, 3.8) is 0 Å². The summed E-state index contributed by atoms with van der Waals surface area (Å²) in [6.07, 6.45) is 1.99. The highest BCUT2D eigenvalue weighted by molar-refractivity contribution is 7.98. The number of thioether (sulfide) groups is 1. The molecule has 0 spiro atoms. The van der Waals surface area contributed by atoms with Crippen molar-refractivity contribution >= 4 is 40.0 Å². The lowest BCUT2D eigenvalue weighted by Crippen LogP contribution is -2.00. The van der Waals surface area contributed by atoms with E-state index in [1.165, 1.54) is 0 Å². The molecule has 0 saturated carbocycles. The normalized spacial score (nSPS) is 10.8. The molecule has 5 heteroatoms. The number of rotatable bonds is 3. The number of benzene rings is 1. The number of carbonyl (C=O) groups is 1. The van der Waals surface area contributed by atoms with Gasteiger partial charge in [0.1, 0.15) is 0 Å². The summed E-state index contributed by atoms with van der Waals surface area (Å²) in [4.78, 5) is 17.1. The Bertz CT molecular complexity index is 782. The predicted molar refractivity (Wildman–Crippen MR) is 83.8 cm³/mol. The first-order valence-corrected chi connectivity index (χ1v) is 8.10. The number of carboxylic acid groups (broad SMARTS) is 1. The Morgan fingerprint density at radius 2 is 2.15 bits per heavy atom. The van der Waals surface area contributed by atoms with Gasteiger partial charge >= 0.3 is 5.97 Å². The fourth-order valence-electron chi connectivity index (χ4n) is 2.07. The van der Waals surface area contributed by atoms with Crippen molar-refractivity contribution in [1.82, 2.24) is 4.98 Å². The highest BCUT2D eigenvalue weighted by Crippen LogP contribution is 2.28. The largest absolute Gasteiger partial charge is 0.478 e. The predicted octanol–water partition coefficient (Wildman–Crippen LogP) is 4.38. The van der Waals surface area contributed by atoms with Crippen molar-refractivity contribution in [2.45, 2.75) is 4.90 Å². The van der Waals surface area contributed by atoms with Gasteiger partial charge in [-0.3, -0.25) is 0 Å². The average molecular weight is 301 g/mol. The molecule has 0 atom stereocenters. The lowest BCUT2D eigenvalue weighted by Gasteiger charge is -2.07. The molecule has 0 amide bonds. The molecule has 0 fully saturated rings. The van der Waals surface area contributed by atoms with Crippen LogP contribution >= 0.6 is 23.1 Å². The van der Waals surface area contributed by atoms with Gasteiger partial charge in [-0.1, -0.05) is 6.07 Å². The number of fused-ring (bicyclic) bond motifs is 1. The average Bonchev–Trinajstić information content (AvgIpc) is 2.99. The van der Waals surface area contributed by atoms with Gasteiger partial charge in [-0.25, -0.2) is 9.78 Å². The zero-order chi connectivity index (χ0) is 14.1. The molecule has 0 aliphatic rings. The molecule has 20 heavy (non-hydrogen) atoms. The number of pyridine rings is 1. The van der Waals surface area contributed by atoms with E-state index in [1.807, 2.05) is 41.3 Å². The summed E-state index contributed by atoms with van der Waals surface area (Å²) in [6.45, 7) is 0. The molecule has 1 N–H and O–H groups in total. The minimum Gasteiger partial charge on any atom is -0.478 e. The summed E-state index contributed by atoms with van der Waals surface area (Å²) in [5, 5.41) is 14.0. The molecule has 3 rings (SSSR count). The van der Waals surface area contributed by atoms with E-state index in [-0.39, 0.29) is 0 Å². The second kappa shape index (κ2) is 5.26. The van der Waals surface area contributed by atoms with Crippen molar-refractivity contribution in [3.8, 4) is 11.3 Å². The third-order valence-corrected chi connectivity index (χ3v) is 4.47. The maximum absolute atomic E-state index is 11.5. The maximum atomic E-state index is 11.5. The van der Waals surface area contributed by atoms with Crippen molar-refractivity contribution in [2.75, 3.05) is 6.26 Å². The second-order valence-electron chi connectivity index (χ2n) is 4.26. The number of nitrogens with zero attached hydrogens (tertiary/aromatic N) is 1. The van der Waals surface area contributed by atoms with E-state index >= 15 is 0 Å². The Labute approximate surface area is 124 Å². The summed E-state index contributed by atoms with van der Waals surface area (Å²) in [5.74, 6) is -0.925. The van der Waals surface area contributed by atoms with Crippen molar-refractivity contribution in [3.05, 3.63) is 46.7 Å². The summed E-state index contributed by atoms with van der Waals surface area (Å²) in [7, 11) is 0. The molecule has 100 valence electrons. The molecule has 0 aliphatic heterocycles. The number of thiophene rings is 1. The van der Waals surface area contributed by atoms with E-state index in [9.17, 15) is 9.90 Å². The quantitative estimate of drug-likeness (QED) is 0.729. The lowest BCUT2D eigenvalue weighted by molar-refractivity contribution is 0.0699. The maximum Gasteiger partial charge on any atom is 0.336 e. The van der Waals surface area contributed by atoms with E-state index in [0.29, 0.717) is 16.6 Å². The lowest BCUT2D eigenvalue weighted by atomic mass is 10.1. The van der Waals surface area contributed by atoms with Crippen LogP contribution in [0.3, 0.4) is 0 Å². The van der Waals surface area contributed by atoms with Crippen molar-refractivity contribution < 1.29 is 9.90 Å². The molecular formula is C15H11NO2S2. The molecule has 2 aromatic heterocycles. The smallest absolute Gasteiger partial charge is 0.336 e. The molecule has 3 nitrogen and oxygen atoms in total. The Morgan fingerprint density at radius 1 is 1.30 bits per heavy atom. The van der Waals surface area contributed by atoms with Gasteiger partial charge in [0.15, 0.2) is 0 Å². The molecule has 0 aliphatic carbocycles. The van der Waals surface area contributed by atoms with Crippen molar-refractivity contribution in [1.29, 1.82) is 0 Å². The third kappa shape index (κ3) is 2.30. The van der Waals surface area contributed by atoms with Gasteiger partial charge in [-0.2, -0.15) is 11.3 Å². The highest BCUT2D eigenvalue weighted by Gasteiger charge is 2.13. The fourth-order valence-corrected chi connectivity index (χ4v) is 3.15. The van der Waals surface area contributed by atoms with Gasteiger partial charge < -0.3 is 5.11 Å². The van der Waals surface area contributed by atoms with Crippen LogP contribution in [0.25, 0.3) is 22.2 Å². The van der Waals surface area contributed by atoms with Crippen LogP contribution < -0.4 is 0 Å². The molecule has 0 saturated heterocycles. The van der Waals surface area contributed by atoms with Crippen molar-refractivity contribution in [2.24, 2.45) is 0 Å². The van der Waals surface area contributed by atoms with E-state index in [4.69, 9.17) is 0 Å². The van der Waals surface area contributed by atoms with Gasteiger partial charge in [0.25, 0.3) is 0 Å². The Balaban J connectivity index is 2.31. The summed E-state index contributed by atoms with van der Waals surface area (Å²) in [5.41, 5.74) is 2.67. The standard InChI is InChI=1S/C15H11NO2S2/c1-19-10-2-3-11-12(15(17)18)7-13(16-14(11)6-10)9-4-5-20-8-9/h2-8H,1H3,(H,17,18). The van der Waals surface area contributed by atoms with Crippen LogP contribution in [0.2, 0.25) is 0 Å². The molecule has 0 unspecified atom stereocenters. The van der Waals surface area contributed by atoms with Crippen LogP contribution in [-0.4, -0.2) is 22.3 Å². The zero-order valence-corrected chi connectivity index (χ0v) is 12.3. The first-order valence-electron chi connectivity index (χ1n) is 5.93. The third-order valence-electron chi connectivity index (χ3n) is 3.06. The molecule has 3 aromatic rings. The second-order valence-corrected chi connectivity index (χ2v) is 5.91. The van der Waals surface area contributed by atoms with E-state index in [0.717, 1.165) is 16.0 Å². The first-order chi connectivity index (χ1) is 9.69. The number of hydrogen-bond donors (Lipinski definition) is 1. The molecule has 1 aromatic carbocycles. The highest BCUT2D eigenvalue weighted by atomic mass is 32.2. The van der Waals surface area contributed by atoms with Gasteiger partial charge in [0, 0.05) is 21.2 Å². The molecule has 0 bridgehead atoms. The van der Waals surface area contributed by atoms with Crippen LogP contribution in [0, 0.1) is 0 Å². The SMILES string of the molecule is CSc1ccc2c(C(=O)O)cc(-c3ccsc3)nc2c1.